The lowest BCUT2D eigenvalue weighted by molar-refractivity contribution is -0.143. The van der Waals surface area contributed by atoms with E-state index >= 15 is 0 Å². The van der Waals surface area contributed by atoms with Gasteiger partial charge < -0.3 is 10.6 Å². The number of hydrogen-bond donors (Lipinski definition) is 2. The Balaban J connectivity index is 1.77. The first kappa shape index (κ1) is 21.2. The quantitative estimate of drug-likeness (QED) is 0.594. The number of alkyl halides is 3. The highest BCUT2D eigenvalue weighted by atomic mass is 35.5. The monoisotopic (exact) mass is 441 g/mol. The molecular weight excluding hydrogens is 430 g/mol. The zero-order valence-electron chi connectivity index (χ0n) is 14.9. The van der Waals surface area contributed by atoms with Crippen LogP contribution >= 0.6 is 11.6 Å². The minimum atomic E-state index is -5.02. The molecular formula is C18H12ClF4N5O2. The predicted molar refractivity (Wildman–Crippen MR) is 98.7 cm³/mol. The molecule has 2 amide bonds. The topological polar surface area (TPSA) is 88.9 Å². The van der Waals surface area contributed by atoms with E-state index in [2.05, 4.69) is 20.9 Å². The molecule has 12 heteroatoms. The van der Waals surface area contributed by atoms with Crippen molar-refractivity contribution < 1.29 is 27.2 Å². The van der Waals surface area contributed by atoms with Crippen molar-refractivity contribution in [3.8, 4) is 5.69 Å². The number of carbonyl (C=O) groups excluding carboxylic acids is 2. The smallest absolute Gasteiger partial charge is 0.341 e. The van der Waals surface area contributed by atoms with Gasteiger partial charge >= 0.3 is 6.18 Å². The zero-order chi connectivity index (χ0) is 21.9. The predicted octanol–water partition coefficient (Wildman–Crippen LogP) is 3.45. The molecule has 0 aliphatic heterocycles. The number of nitrogens with zero attached hydrogens (tertiary/aromatic N) is 3. The van der Waals surface area contributed by atoms with Crippen LogP contribution in [0.3, 0.4) is 0 Å². The number of benzene rings is 2. The number of nitrogens with one attached hydrogen (secondary N) is 2. The van der Waals surface area contributed by atoms with Gasteiger partial charge in [-0.3, -0.25) is 9.59 Å². The van der Waals surface area contributed by atoms with Crippen molar-refractivity contribution in [2.45, 2.75) is 6.18 Å². The Hall–Kier alpha value is -3.47. The molecule has 7 nitrogen and oxygen atoms in total. The lowest BCUT2D eigenvalue weighted by Crippen LogP contribution is -2.34. The molecule has 0 unspecified atom stereocenters. The molecule has 156 valence electrons. The van der Waals surface area contributed by atoms with E-state index in [0.717, 1.165) is 12.1 Å². The summed E-state index contributed by atoms with van der Waals surface area (Å²) in [4.78, 5) is 24.1. The maximum absolute atomic E-state index is 13.5. The Morgan fingerprint density at radius 2 is 1.80 bits per heavy atom. The Morgan fingerprint density at radius 1 is 1.10 bits per heavy atom. The molecule has 2 aromatic carbocycles. The molecule has 0 saturated carbocycles. The molecule has 0 fully saturated rings. The molecule has 0 radical (unpaired) electrons. The summed E-state index contributed by atoms with van der Waals surface area (Å²) in [5.74, 6) is -2.74. The van der Waals surface area contributed by atoms with E-state index in [9.17, 15) is 27.2 Å². The molecule has 0 bridgehead atoms. The van der Waals surface area contributed by atoms with Gasteiger partial charge in [0.15, 0.2) is 11.4 Å². The second-order valence-electron chi connectivity index (χ2n) is 5.91. The number of rotatable bonds is 5. The van der Waals surface area contributed by atoms with Crippen molar-refractivity contribution in [2.24, 2.45) is 0 Å². The Labute approximate surface area is 171 Å². The van der Waals surface area contributed by atoms with Crippen molar-refractivity contribution in [1.82, 2.24) is 20.3 Å². The summed E-state index contributed by atoms with van der Waals surface area (Å²) in [5, 5.41) is 11.5. The van der Waals surface area contributed by atoms with Crippen LogP contribution in [0.4, 0.5) is 23.2 Å². The second kappa shape index (κ2) is 8.49. The molecule has 0 atom stereocenters. The van der Waals surface area contributed by atoms with Crippen molar-refractivity contribution in [3.63, 3.8) is 0 Å². The molecule has 1 heterocycles. The lowest BCUT2D eigenvalue weighted by atomic mass is 10.2. The third kappa shape index (κ3) is 4.92. The third-order valence-corrected chi connectivity index (χ3v) is 4.00. The normalized spacial score (nSPS) is 11.2. The van der Waals surface area contributed by atoms with Gasteiger partial charge in [-0.15, -0.1) is 5.10 Å². The summed E-state index contributed by atoms with van der Waals surface area (Å²) in [5.41, 5.74) is -2.43. The number of amides is 2. The highest BCUT2D eigenvalue weighted by molar-refractivity contribution is 6.30. The highest BCUT2D eigenvalue weighted by Gasteiger charge is 2.42. The average molecular weight is 442 g/mol. The molecule has 30 heavy (non-hydrogen) atoms. The average Bonchev–Trinajstić information content (AvgIpc) is 3.14. The fourth-order valence-electron chi connectivity index (χ4n) is 2.46. The largest absolute Gasteiger partial charge is 0.435 e. The fraction of sp³-hybridized carbons (Fsp3) is 0.111. The maximum Gasteiger partial charge on any atom is 0.435 e. The summed E-state index contributed by atoms with van der Waals surface area (Å²) in [6, 6.07) is 10.3. The standard InChI is InChI=1S/C18H12ClF4N5O2/c19-10-4-6-12(7-5-10)25-14(29)9-24-17(30)15-16(18(21,22)23)28(27-26-15)13-3-1-2-11(20)8-13/h1-8H,9H2,(H,24,30)(H,25,29). The van der Waals surface area contributed by atoms with Crippen LogP contribution in [0.25, 0.3) is 5.69 Å². The van der Waals surface area contributed by atoms with Gasteiger partial charge in [-0.1, -0.05) is 22.9 Å². The first-order valence-electron chi connectivity index (χ1n) is 8.27. The Bertz CT molecular complexity index is 1080. The first-order valence-corrected chi connectivity index (χ1v) is 8.65. The maximum atomic E-state index is 13.5. The van der Waals surface area contributed by atoms with Gasteiger partial charge in [0, 0.05) is 10.7 Å². The van der Waals surface area contributed by atoms with Crippen molar-refractivity contribution >= 4 is 29.1 Å². The SMILES string of the molecule is O=C(CNC(=O)c1nnn(-c2cccc(F)c2)c1C(F)(F)F)Nc1ccc(Cl)cc1. The number of carbonyl (C=O) groups is 2. The van der Waals surface area contributed by atoms with Gasteiger partial charge in [-0.25, -0.2) is 9.07 Å². The van der Waals surface area contributed by atoms with Gasteiger partial charge in [0.25, 0.3) is 5.91 Å². The molecule has 0 spiro atoms. The minimum Gasteiger partial charge on any atom is -0.341 e. The summed E-state index contributed by atoms with van der Waals surface area (Å²) in [6.45, 7) is -0.619. The third-order valence-electron chi connectivity index (χ3n) is 3.74. The molecule has 0 saturated heterocycles. The van der Waals surface area contributed by atoms with Crippen molar-refractivity contribution in [2.75, 3.05) is 11.9 Å². The van der Waals surface area contributed by atoms with Crippen LogP contribution in [-0.2, 0) is 11.0 Å². The van der Waals surface area contributed by atoms with Crippen molar-refractivity contribution in [1.29, 1.82) is 0 Å². The summed E-state index contributed by atoms with van der Waals surface area (Å²) >= 11 is 5.73. The molecule has 0 aliphatic rings. The molecule has 2 N–H and O–H groups in total. The van der Waals surface area contributed by atoms with E-state index in [1.807, 2.05) is 0 Å². The number of hydrogen-bond acceptors (Lipinski definition) is 4. The van der Waals surface area contributed by atoms with Crippen LogP contribution < -0.4 is 10.6 Å². The van der Waals surface area contributed by atoms with E-state index < -0.39 is 41.7 Å². The Kier molecular flexibility index (Phi) is 6.01. The van der Waals surface area contributed by atoms with Gasteiger partial charge in [-0.2, -0.15) is 13.2 Å². The van der Waals surface area contributed by atoms with E-state index in [1.165, 1.54) is 36.4 Å². The van der Waals surface area contributed by atoms with Gasteiger partial charge in [0.05, 0.1) is 12.2 Å². The fourth-order valence-corrected chi connectivity index (χ4v) is 2.59. The van der Waals surface area contributed by atoms with Crippen LogP contribution in [0.1, 0.15) is 16.2 Å². The van der Waals surface area contributed by atoms with Crippen LogP contribution in [0.15, 0.2) is 48.5 Å². The number of halogens is 5. The van der Waals surface area contributed by atoms with Gasteiger partial charge in [0.2, 0.25) is 5.91 Å². The van der Waals surface area contributed by atoms with E-state index in [4.69, 9.17) is 11.6 Å². The minimum absolute atomic E-state index is 0.269. The lowest BCUT2D eigenvalue weighted by Gasteiger charge is -2.11. The Morgan fingerprint density at radius 3 is 2.43 bits per heavy atom. The van der Waals surface area contributed by atoms with E-state index in [0.29, 0.717) is 15.4 Å². The summed E-state index contributed by atoms with van der Waals surface area (Å²) in [7, 11) is 0. The summed E-state index contributed by atoms with van der Waals surface area (Å²) < 4.78 is 54.3. The van der Waals surface area contributed by atoms with Gasteiger partial charge in [0.1, 0.15) is 5.82 Å². The molecule has 1 aromatic heterocycles. The first-order chi connectivity index (χ1) is 14.1. The van der Waals surface area contributed by atoms with Crippen molar-refractivity contribution in [3.05, 3.63) is 70.8 Å². The van der Waals surface area contributed by atoms with Crippen LogP contribution in [0.2, 0.25) is 5.02 Å². The number of anilines is 1. The number of aromatic nitrogens is 3. The van der Waals surface area contributed by atoms with Crippen LogP contribution in [-0.4, -0.2) is 33.4 Å². The van der Waals surface area contributed by atoms with E-state index in [1.54, 1.807) is 0 Å². The summed E-state index contributed by atoms with van der Waals surface area (Å²) in [6.07, 6.45) is -5.02. The van der Waals surface area contributed by atoms with Crippen LogP contribution in [0, 0.1) is 5.82 Å². The van der Waals surface area contributed by atoms with Crippen LogP contribution in [0.5, 0.6) is 0 Å². The molecule has 0 aliphatic carbocycles. The van der Waals surface area contributed by atoms with Gasteiger partial charge in [-0.05, 0) is 42.5 Å². The van der Waals surface area contributed by atoms with E-state index in [-0.39, 0.29) is 5.69 Å². The molecule has 3 aromatic rings. The molecule has 3 rings (SSSR count). The zero-order valence-corrected chi connectivity index (χ0v) is 15.6. The highest BCUT2D eigenvalue weighted by Crippen LogP contribution is 2.32. The second-order valence-corrected chi connectivity index (χ2v) is 6.35.